The minimum atomic E-state index is -0.982. The Hall–Kier alpha value is -3.62. The summed E-state index contributed by atoms with van der Waals surface area (Å²) in [6.45, 7) is 9.91. The van der Waals surface area contributed by atoms with Crippen molar-refractivity contribution in [2.24, 2.45) is 0 Å². The van der Waals surface area contributed by atoms with Crippen molar-refractivity contribution in [3.05, 3.63) is 52.3 Å². The van der Waals surface area contributed by atoms with Gasteiger partial charge in [-0.15, -0.1) is 0 Å². The Bertz CT molecular complexity index is 1160. The number of amidine groups is 1. The number of carboxylic acids is 1. The number of carbonyl (C=O) groups excluding carboxylic acids is 1. The van der Waals surface area contributed by atoms with Crippen molar-refractivity contribution in [2.45, 2.75) is 46.6 Å². The maximum Gasteiger partial charge on any atom is 0.322 e. The molecule has 1 aliphatic heterocycles. The quantitative estimate of drug-likeness (QED) is 0.427. The molecule has 0 spiro atoms. The second-order valence-corrected chi connectivity index (χ2v) is 9.30. The number of anilines is 1. The number of ketones is 1. The number of nitrogens with zero attached hydrogens (tertiary/aromatic N) is 1. The molecule has 0 fully saturated rings. The van der Waals surface area contributed by atoms with E-state index in [0.29, 0.717) is 23.4 Å². The third kappa shape index (κ3) is 5.55. The zero-order chi connectivity index (χ0) is 25.9. The van der Waals surface area contributed by atoms with Crippen LogP contribution in [0.2, 0.25) is 0 Å². The van der Waals surface area contributed by atoms with Crippen molar-refractivity contribution >= 4 is 23.3 Å². The highest BCUT2D eigenvalue weighted by Crippen LogP contribution is 2.39. The summed E-state index contributed by atoms with van der Waals surface area (Å²) in [5, 5.41) is 20.4. The van der Waals surface area contributed by atoms with E-state index in [1.54, 1.807) is 38.1 Å². The molecule has 3 rings (SSSR count). The number of benzene rings is 2. The van der Waals surface area contributed by atoms with Crippen LogP contribution < -0.4 is 14.8 Å². The van der Waals surface area contributed by atoms with Gasteiger partial charge in [-0.05, 0) is 54.7 Å². The first-order chi connectivity index (χ1) is 16.5. The van der Waals surface area contributed by atoms with Crippen LogP contribution in [-0.2, 0) is 16.8 Å². The second-order valence-electron chi connectivity index (χ2n) is 9.30. The summed E-state index contributed by atoms with van der Waals surface area (Å²) in [5.41, 5.74) is 2.22. The fourth-order valence-electron chi connectivity index (χ4n) is 4.09. The van der Waals surface area contributed by atoms with Crippen molar-refractivity contribution in [2.75, 3.05) is 31.6 Å². The molecule has 0 radical (unpaired) electrons. The lowest BCUT2D eigenvalue weighted by molar-refractivity contribution is -0.134. The number of hydrogen-bond donors (Lipinski definition) is 3. The van der Waals surface area contributed by atoms with E-state index in [4.69, 9.17) is 20.0 Å². The molecule has 0 bridgehead atoms. The summed E-state index contributed by atoms with van der Waals surface area (Å²) in [5.74, 6) is -1.68. The van der Waals surface area contributed by atoms with Crippen LogP contribution in [0.5, 0.6) is 11.5 Å². The SMILES string of the molecule is CCOc1cc2c(c(F)c1OCC)C(=N)N(CC(=O)c1ccc(NCC(=O)O)c(C(C)(C)C)c1)C2. The van der Waals surface area contributed by atoms with Gasteiger partial charge < -0.3 is 24.8 Å². The summed E-state index contributed by atoms with van der Waals surface area (Å²) in [6, 6.07) is 6.76. The molecule has 0 amide bonds. The van der Waals surface area contributed by atoms with Gasteiger partial charge in [0.05, 0.1) is 25.3 Å². The molecule has 3 N–H and O–H groups in total. The largest absolute Gasteiger partial charge is 0.490 e. The van der Waals surface area contributed by atoms with E-state index in [0.717, 1.165) is 5.56 Å². The fraction of sp³-hybridized carbons (Fsp3) is 0.423. The molecule has 0 aromatic heterocycles. The van der Waals surface area contributed by atoms with Crippen molar-refractivity contribution in [3.8, 4) is 11.5 Å². The number of carboxylic acid groups (broad SMARTS) is 1. The summed E-state index contributed by atoms with van der Waals surface area (Å²) >= 11 is 0. The summed E-state index contributed by atoms with van der Waals surface area (Å²) < 4.78 is 26.3. The van der Waals surface area contributed by atoms with Crippen molar-refractivity contribution in [1.29, 1.82) is 5.41 Å². The highest BCUT2D eigenvalue weighted by Gasteiger charge is 2.33. The Kier molecular flexibility index (Phi) is 7.67. The van der Waals surface area contributed by atoms with Crippen LogP contribution in [0.4, 0.5) is 10.1 Å². The molecular weight excluding hydrogens is 453 g/mol. The maximum atomic E-state index is 15.3. The number of halogens is 1. The van der Waals surface area contributed by atoms with Crippen LogP contribution in [-0.4, -0.2) is 53.9 Å². The lowest BCUT2D eigenvalue weighted by Gasteiger charge is -2.24. The standard InChI is InChI=1S/C26H32FN3O5/c1-6-34-20-11-16-13-30(25(28)22(16)23(27)24(20)35-7-2)14-19(31)15-8-9-18(29-12-21(32)33)17(10-15)26(3,4)5/h8-11,28-29H,6-7,12-14H2,1-5H3,(H,32,33). The zero-order valence-corrected chi connectivity index (χ0v) is 20.8. The number of aliphatic carboxylic acids is 1. The van der Waals surface area contributed by atoms with Gasteiger partial charge in [-0.2, -0.15) is 0 Å². The minimum absolute atomic E-state index is 0.0229. The van der Waals surface area contributed by atoms with Gasteiger partial charge in [0.15, 0.2) is 23.1 Å². The van der Waals surface area contributed by atoms with E-state index in [-0.39, 0.29) is 60.3 Å². The van der Waals surface area contributed by atoms with Crippen LogP contribution in [0.25, 0.3) is 0 Å². The molecule has 0 unspecified atom stereocenters. The Morgan fingerprint density at radius 1 is 1.17 bits per heavy atom. The number of carbonyl (C=O) groups is 2. The third-order valence-corrected chi connectivity index (χ3v) is 5.69. The number of fused-ring (bicyclic) bond motifs is 1. The van der Waals surface area contributed by atoms with Gasteiger partial charge in [-0.25, -0.2) is 4.39 Å². The Balaban J connectivity index is 1.86. The second kappa shape index (κ2) is 10.3. The highest BCUT2D eigenvalue weighted by atomic mass is 19.1. The molecular formula is C26H32FN3O5. The lowest BCUT2D eigenvalue weighted by atomic mass is 9.84. The smallest absolute Gasteiger partial charge is 0.322 e. The summed E-state index contributed by atoms with van der Waals surface area (Å²) in [4.78, 5) is 25.7. The predicted molar refractivity (Wildman–Crippen MR) is 132 cm³/mol. The van der Waals surface area contributed by atoms with Gasteiger partial charge in [-0.1, -0.05) is 20.8 Å². The van der Waals surface area contributed by atoms with Crippen LogP contribution in [0.15, 0.2) is 24.3 Å². The van der Waals surface area contributed by atoms with Crippen LogP contribution in [0.3, 0.4) is 0 Å². The van der Waals surface area contributed by atoms with Gasteiger partial charge >= 0.3 is 5.97 Å². The number of ether oxygens (including phenoxy) is 2. The van der Waals surface area contributed by atoms with Crippen LogP contribution in [0.1, 0.15) is 61.7 Å². The molecule has 0 saturated heterocycles. The number of Topliss-reactive ketones (excluding diaryl/α,β-unsaturated/α-hetero) is 1. The van der Waals surface area contributed by atoms with E-state index in [2.05, 4.69) is 5.32 Å². The summed E-state index contributed by atoms with van der Waals surface area (Å²) in [6.07, 6.45) is 0. The van der Waals surface area contributed by atoms with Gasteiger partial charge in [0.1, 0.15) is 12.4 Å². The Morgan fingerprint density at radius 3 is 2.46 bits per heavy atom. The Labute approximate surface area is 204 Å². The average molecular weight is 486 g/mol. The molecule has 9 heteroatoms. The van der Waals surface area contributed by atoms with E-state index in [1.165, 1.54) is 4.90 Å². The molecule has 1 aliphatic rings. The minimum Gasteiger partial charge on any atom is -0.490 e. The Morgan fingerprint density at radius 2 is 1.86 bits per heavy atom. The monoisotopic (exact) mass is 485 g/mol. The maximum absolute atomic E-state index is 15.3. The first-order valence-electron chi connectivity index (χ1n) is 11.6. The number of hydrogen-bond acceptors (Lipinski definition) is 6. The molecule has 35 heavy (non-hydrogen) atoms. The van der Waals surface area contributed by atoms with Crippen molar-refractivity contribution < 1.29 is 28.6 Å². The first kappa shape index (κ1) is 26.0. The van der Waals surface area contributed by atoms with E-state index < -0.39 is 11.8 Å². The van der Waals surface area contributed by atoms with E-state index in [1.807, 2.05) is 20.8 Å². The molecule has 1 heterocycles. The van der Waals surface area contributed by atoms with Gasteiger partial charge in [-0.3, -0.25) is 15.0 Å². The average Bonchev–Trinajstić information content (AvgIpc) is 3.09. The molecule has 2 aromatic rings. The van der Waals surface area contributed by atoms with E-state index >= 15 is 4.39 Å². The fourth-order valence-corrected chi connectivity index (χ4v) is 4.09. The molecule has 8 nitrogen and oxygen atoms in total. The van der Waals surface area contributed by atoms with Gasteiger partial charge in [0.25, 0.3) is 0 Å². The normalized spacial score (nSPS) is 13.0. The first-order valence-corrected chi connectivity index (χ1v) is 11.6. The van der Waals surface area contributed by atoms with Crippen LogP contribution >= 0.6 is 0 Å². The van der Waals surface area contributed by atoms with Crippen molar-refractivity contribution in [1.82, 2.24) is 4.90 Å². The lowest BCUT2D eigenvalue weighted by Crippen LogP contribution is -2.30. The molecule has 0 aliphatic carbocycles. The molecule has 0 saturated carbocycles. The number of nitrogens with one attached hydrogen (secondary N) is 2. The van der Waals surface area contributed by atoms with Crippen LogP contribution in [0, 0.1) is 11.2 Å². The van der Waals surface area contributed by atoms with Gasteiger partial charge in [0, 0.05) is 17.8 Å². The van der Waals surface area contributed by atoms with E-state index in [9.17, 15) is 9.59 Å². The topological polar surface area (TPSA) is 112 Å². The molecule has 0 atom stereocenters. The molecule has 188 valence electrons. The van der Waals surface area contributed by atoms with Crippen molar-refractivity contribution in [3.63, 3.8) is 0 Å². The summed E-state index contributed by atoms with van der Waals surface area (Å²) in [7, 11) is 0. The van der Waals surface area contributed by atoms with Gasteiger partial charge in [0.2, 0.25) is 0 Å². The number of rotatable bonds is 10. The predicted octanol–water partition coefficient (Wildman–Crippen LogP) is 4.44. The zero-order valence-electron chi connectivity index (χ0n) is 20.8. The highest BCUT2D eigenvalue weighted by molar-refractivity contribution is 6.06. The molecule has 2 aromatic carbocycles. The third-order valence-electron chi connectivity index (χ3n) is 5.69.